The number of rotatable bonds is 7. The zero-order valence-corrected chi connectivity index (χ0v) is 15.0. The number of fused-ring (bicyclic) bond motifs is 1. The van der Waals surface area contributed by atoms with Gasteiger partial charge in [0, 0.05) is 13.1 Å². The number of nitrogens with one attached hydrogen (secondary N) is 2. The number of amides is 1. The molecule has 2 aromatic rings. The van der Waals surface area contributed by atoms with Crippen LogP contribution in [0.5, 0.6) is 0 Å². The molecule has 0 fully saturated rings. The molecule has 0 spiro atoms. The number of esters is 1. The van der Waals surface area contributed by atoms with Gasteiger partial charge in [-0.3, -0.25) is 9.59 Å². The predicted molar refractivity (Wildman–Crippen MR) is 93.5 cm³/mol. The van der Waals surface area contributed by atoms with Crippen LogP contribution in [-0.4, -0.2) is 67.6 Å². The van der Waals surface area contributed by atoms with Crippen LogP contribution in [0.2, 0.25) is 0 Å². The van der Waals surface area contributed by atoms with Crippen LogP contribution in [0.25, 0.3) is 10.2 Å². The molecule has 0 aliphatic heterocycles. The predicted octanol–water partition coefficient (Wildman–Crippen LogP) is 0.876. The zero-order chi connectivity index (χ0) is 17.7. The number of nitrogens with zero attached hydrogens (tertiary/aromatic N) is 3. The fraction of sp³-hybridized carbons (Fsp3) is 0.467. The van der Waals surface area contributed by atoms with E-state index in [0.29, 0.717) is 10.7 Å². The molecule has 2 rings (SSSR count). The first-order valence-electron chi connectivity index (χ1n) is 7.41. The molecule has 2 heterocycles. The van der Waals surface area contributed by atoms with Crippen LogP contribution < -0.4 is 10.6 Å². The molecule has 130 valence electrons. The van der Waals surface area contributed by atoms with Gasteiger partial charge < -0.3 is 20.3 Å². The Morgan fingerprint density at radius 2 is 2.08 bits per heavy atom. The van der Waals surface area contributed by atoms with E-state index in [1.54, 1.807) is 0 Å². The number of aryl methyl sites for hydroxylation is 1. The molecule has 0 aromatic carbocycles. The number of thiophene rings is 1. The average molecular weight is 351 g/mol. The van der Waals surface area contributed by atoms with Gasteiger partial charge in [0.25, 0.3) is 5.91 Å². The highest BCUT2D eigenvalue weighted by molar-refractivity contribution is 7.20. The van der Waals surface area contributed by atoms with Crippen molar-refractivity contribution in [2.45, 2.75) is 6.92 Å². The van der Waals surface area contributed by atoms with Crippen molar-refractivity contribution >= 4 is 39.2 Å². The summed E-state index contributed by atoms with van der Waals surface area (Å²) in [6.45, 7) is 3.29. The summed E-state index contributed by atoms with van der Waals surface area (Å²) in [5.41, 5.74) is 0.797. The molecule has 0 saturated carbocycles. The lowest BCUT2D eigenvalue weighted by Gasteiger charge is -2.11. The third-order valence-corrected chi connectivity index (χ3v) is 4.60. The van der Waals surface area contributed by atoms with Gasteiger partial charge in [-0.15, -0.1) is 11.3 Å². The topological polar surface area (TPSA) is 96.4 Å². The molecule has 0 aliphatic carbocycles. The van der Waals surface area contributed by atoms with Crippen LogP contribution in [0.4, 0.5) is 5.82 Å². The molecule has 8 nitrogen and oxygen atoms in total. The summed E-state index contributed by atoms with van der Waals surface area (Å²) in [5.74, 6) is -0.101. The molecule has 0 saturated heterocycles. The van der Waals surface area contributed by atoms with Crippen molar-refractivity contribution in [3.63, 3.8) is 0 Å². The molecular weight excluding hydrogens is 330 g/mol. The van der Waals surface area contributed by atoms with E-state index in [0.717, 1.165) is 28.9 Å². The number of ether oxygens (including phenoxy) is 1. The molecule has 0 aliphatic rings. The molecule has 0 radical (unpaired) electrons. The van der Waals surface area contributed by atoms with Crippen molar-refractivity contribution in [3.05, 3.63) is 16.8 Å². The highest BCUT2D eigenvalue weighted by Crippen LogP contribution is 2.33. The number of carbonyl (C=O) groups is 2. The van der Waals surface area contributed by atoms with Crippen LogP contribution in [-0.2, 0) is 9.53 Å². The van der Waals surface area contributed by atoms with Crippen molar-refractivity contribution in [1.29, 1.82) is 0 Å². The van der Waals surface area contributed by atoms with Gasteiger partial charge in [-0.05, 0) is 26.6 Å². The van der Waals surface area contributed by atoms with E-state index < -0.39 is 5.97 Å². The molecule has 0 atom stereocenters. The normalized spacial score (nSPS) is 10.9. The van der Waals surface area contributed by atoms with Crippen molar-refractivity contribution in [1.82, 2.24) is 20.2 Å². The fourth-order valence-corrected chi connectivity index (χ4v) is 3.19. The first-order chi connectivity index (χ1) is 11.4. The lowest BCUT2D eigenvalue weighted by molar-refractivity contribution is -0.139. The van der Waals surface area contributed by atoms with Gasteiger partial charge >= 0.3 is 5.97 Å². The minimum Gasteiger partial charge on any atom is -0.468 e. The zero-order valence-electron chi connectivity index (χ0n) is 14.2. The fourth-order valence-electron chi connectivity index (χ4n) is 2.13. The molecule has 2 N–H and O–H groups in total. The molecule has 9 heteroatoms. The highest BCUT2D eigenvalue weighted by Gasteiger charge is 2.19. The Hall–Kier alpha value is -2.26. The van der Waals surface area contributed by atoms with E-state index in [9.17, 15) is 9.59 Å². The Labute approximate surface area is 144 Å². The van der Waals surface area contributed by atoms with Gasteiger partial charge in [-0.2, -0.15) is 0 Å². The van der Waals surface area contributed by atoms with Crippen molar-refractivity contribution in [2.75, 3.05) is 46.2 Å². The minimum absolute atomic E-state index is 0.164. The van der Waals surface area contributed by atoms with E-state index >= 15 is 0 Å². The Morgan fingerprint density at radius 1 is 1.33 bits per heavy atom. The van der Waals surface area contributed by atoms with Crippen LogP contribution >= 0.6 is 11.3 Å². The van der Waals surface area contributed by atoms with E-state index in [-0.39, 0.29) is 12.5 Å². The molecule has 1 amide bonds. The van der Waals surface area contributed by atoms with E-state index in [1.807, 2.05) is 21.0 Å². The van der Waals surface area contributed by atoms with Gasteiger partial charge in [0.2, 0.25) is 0 Å². The van der Waals surface area contributed by atoms with Gasteiger partial charge in [-0.25, -0.2) is 9.97 Å². The third-order valence-electron chi connectivity index (χ3n) is 3.41. The first kappa shape index (κ1) is 18.1. The summed E-state index contributed by atoms with van der Waals surface area (Å²) in [7, 11) is 5.27. The number of methoxy groups -OCH3 is 1. The Morgan fingerprint density at radius 3 is 2.75 bits per heavy atom. The van der Waals surface area contributed by atoms with Crippen LogP contribution in [0, 0.1) is 6.92 Å². The Bertz CT molecular complexity index is 744. The van der Waals surface area contributed by atoms with Gasteiger partial charge in [0.15, 0.2) is 0 Å². The van der Waals surface area contributed by atoms with Crippen molar-refractivity contribution in [2.24, 2.45) is 0 Å². The second-order valence-electron chi connectivity index (χ2n) is 5.45. The number of hydrogen-bond acceptors (Lipinski definition) is 8. The number of carbonyl (C=O) groups excluding carboxylic acids is 2. The number of likely N-dealkylation sites (N-methyl/N-ethyl adjacent to an activating group) is 1. The summed E-state index contributed by atoms with van der Waals surface area (Å²) in [4.78, 5) is 35.3. The lowest BCUT2D eigenvalue weighted by Crippen LogP contribution is -2.29. The Kier molecular flexibility index (Phi) is 6.04. The second-order valence-corrected chi connectivity index (χ2v) is 6.45. The van der Waals surface area contributed by atoms with Crippen molar-refractivity contribution < 1.29 is 14.3 Å². The summed E-state index contributed by atoms with van der Waals surface area (Å²) >= 11 is 1.28. The van der Waals surface area contributed by atoms with E-state index in [2.05, 4.69) is 30.2 Å². The van der Waals surface area contributed by atoms with E-state index in [1.165, 1.54) is 24.8 Å². The summed E-state index contributed by atoms with van der Waals surface area (Å²) in [6.07, 6.45) is 1.48. The molecular formula is C15H21N5O3S. The summed E-state index contributed by atoms with van der Waals surface area (Å²) in [6, 6.07) is 0. The molecule has 2 aromatic heterocycles. The van der Waals surface area contributed by atoms with Crippen LogP contribution in [0.3, 0.4) is 0 Å². The van der Waals surface area contributed by atoms with Crippen LogP contribution in [0.1, 0.15) is 15.2 Å². The largest absolute Gasteiger partial charge is 0.468 e. The third kappa shape index (κ3) is 4.18. The first-order valence-corrected chi connectivity index (χ1v) is 8.23. The number of aromatic nitrogens is 2. The van der Waals surface area contributed by atoms with Gasteiger partial charge in [0.05, 0.1) is 17.4 Å². The minimum atomic E-state index is -0.493. The van der Waals surface area contributed by atoms with E-state index in [4.69, 9.17) is 0 Å². The average Bonchev–Trinajstić information content (AvgIpc) is 2.90. The maximum Gasteiger partial charge on any atom is 0.325 e. The Balaban J connectivity index is 2.23. The quantitative estimate of drug-likeness (QED) is 0.715. The van der Waals surface area contributed by atoms with Crippen LogP contribution in [0.15, 0.2) is 6.33 Å². The molecule has 24 heavy (non-hydrogen) atoms. The standard InChI is InChI=1S/C15H21N5O3S/c1-9-11-13(16-5-6-20(2)3)18-8-19-15(11)24-12(9)14(22)17-7-10(21)23-4/h8H,5-7H2,1-4H3,(H,17,22)(H,16,18,19). The SMILES string of the molecule is COC(=O)CNC(=O)c1sc2ncnc(NCCN(C)C)c2c1C. The number of anilines is 1. The maximum atomic E-state index is 12.3. The molecule has 0 bridgehead atoms. The smallest absolute Gasteiger partial charge is 0.325 e. The van der Waals surface area contributed by atoms with Gasteiger partial charge in [-0.1, -0.05) is 0 Å². The summed E-state index contributed by atoms with van der Waals surface area (Å²) < 4.78 is 4.52. The maximum absolute atomic E-state index is 12.3. The monoisotopic (exact) mass is 351 g/mol. The second kappa shape index (κ2) is 8.02. The van der Waals surface area contributed by atoms with Crippen molar-refractivity contribution in [3.8, 4) is 0 Å². The highest BCUT2D eigenvalue weighted by atomic mass is 32.1. The lowest BCUT2D eigenvalue weighted by atomic mass is 10.2. The van der Waals surface area contributed by atoms with Gasteiger partial charge in [0.1, 0.15) is 23.5 Å². The number of hydrogen-bond donors (Lipinski definition) is 2. The molecule has 0 unspecified atom stereocenters. The summed E-state index contributed by atoms with van der Waals surface area (Å²) in [5, 5.41) is 6.67.